The predicted molar refractivity (Wildman–Crippen MR) is 80.2 cm³/mol. The molecule has 2 N–H and O–H groups in total. The van der Waals surface area contributed by atoms with Crippen LogP contribution in [0.15, 0.2) is 24.1 Å². The lowest BCUT2D eigenvalue weighted by Crippen LogP contribution is -2.46. The third-order valence-electron chi connectivity index (χ3n) is 3.41. The Bertz CT molecular complexity index is 608. The van der Waals surface area contributed by atoms with Gasteiger partial charge in [-0.2, -0.15) is 0 Å². The molecule has 0 bridgehead atoms. The molecule has 0 spiro atoms. The van der Waals surface area contributed by atoms with E-state index in [-0.39, 0.29) is 0 Å². The molecular formula is C13H16N6OS. The van der Waals surface area contributed by atoms with Crippen molar-refractivity contribution in [3.8, 4) is 0 Å². The lowest BCUT2D eigenvalue weighted by atomic mass is 10.2. The standard InChI is InChI=1S/C13H16N6OS/c14-12(20)11-8-21-13(17-11)19-3-1-18(2-4-19)7-10-5-15-9-16-6-10/h5-6,8-9H,1-4,7H2,(H2,14,20). The van der Waals surface area contributed by atoms with Gasteiger partial charge in [0.15, 0.2) is 5.13 Å². The molecule has 7 nitrogen and oxygen atoms in total. The highest BCUT2D eigenvalue weighted by atomic mass is 32.1. The molecule has 1 amide bonds. The lowest BCUT2D eigenvalue weighted by molar-refractivity contribution is 0.0996. The average Bonchev–Trinajstić information content (AvgIpc) is 2.99. The van der Waals surface area contributed by atoms with E-state index in [1.165, 1.54) is 11.3 Å². The number of thiazole rings is 1. The van der Waals surface area contributed by atoms with E-state index in [2.05, 4.69) is 24.8 Å². The van der Waals surface area contributed by atoms with E-state index < -0.39 is 5.91 Å². The summed E-state index contributed by atoms with van der Waals surface area (Å²) in [6.07, 6.45) is 5.24. The van der Waals surface area contributed by atoms with Crippen LogP contribution in [-0.4, -0.2) is 51.9 Å². The van der Waals surface area contributed by atoms with Crippen LogP contribution in [0, 0.1) is 0 Å². The Morgan fingerprint density at radius 3 is 2.57 bits per heavy atom. The summed E-state index contributed by atoms with van der Waals surface area (Å²) < 4.78 is 0. The molecule has 0 aromatic carbocycles. The fraction of sp³-hybridized carbons (Fsp3) is 0.385. The van der Waals surface area contributed by atoms with Crippen molar-refractivity contribution in [2.75, 3.05) is 31.1 Å². The van der Waals surface area contributed by atoms with Crippen molar-refractivity contribution in [2.24, 2.45) is 5.73 Å². The quantitative estimate of drug-likeness (QED) is 0.877. The van der Waals surface area contributed by atoms with Gasteiger partial charge in [0, 0.05) is 56.1 Å². The van der Waals surface area contributed by atoms with E-state index >= 15 is 0 Å². The molecule has 1 fully saturated rings. The number of aromatic nitrogens is 3. The van der Waals surface area contributed by atoms with Crippen molar-refractivity contribution in [1.29, 1.82) is 0 Å². The molecular weight excluding hydrogens is 288 g/mol. The van der Waals surface area contributed by atoms with Gasteiger partial charge in [0.1, 0.15) is 12.0 Å². The second-order valence-electron chi connectivity index (χ2n) is 4.89. The van der Waals surface area contributed by atoms with Crippen LogP contribution in [0.3, 0.4) is 0 Å². The largest absolute Gasteiger partial charge is 0.364 e. The summed E-state index contributed by atoms with van der Waals surface area (Å²) in [7, 11) is 0. The van der Waals surface area contributed by atoms with Crippen LogP contribution < -0.4 is 10.6 Å². The van der Waals surface area contributed by atoms with Crippen LogP contribution in [0.2, 0.25) is 0 Å². The van der Waals surface area contributed by atoms with Crippen molar-refractivity contribution >= 4 is 22.4 Å². The second kappa shape index (κ2) is 6.15. The van der Waals surface area contributed by atoms with E-state index in [9.17, 15) is 4.79 Å². The molecule has 2 aromatic rings. The van der Waals surface area contributed by atoms with Crippen LogP contribution in [0.1, 0.15) is 16.1 Å². The number of hydrogen-bond acceptors (Lipinski definition) is 7. The van der Waals surface area contributed by atoms with Crippen LogP contribution in [0.4, 0.5) is 5.13 Å². The second-order valence-corrected chi connectivity index (χ2v) is 5.73. The number of carbonyl (C=O) groups is 1. The minimum atomic E-state index is -0.472. The van der Waals surface area contributed by atoms with Gasteiger partial charge >= 0.3 is 0 Å². The summed E-state index contributed by atoms with van der Waals surface area (Å²) in [5.41, 5.74) is 6.70. The van der Waals surface area contributed by atoms with Gasteiger partial charge in [-0.1, -0.05) is 0 Å². The maximum Gasteiger partial charge on any atom is 0.268 e. The van der Waals surface area contributed by atoms with Crippen molar-refractivity contribution in [1.82, 2.24) is 19.9 Å². The first-order chi connectivity index (χ1) is 10.2. The number of rotatable bonds is 4. The zero-order valence-electron chi connectivity index (χ0n) is 11.5. The van der Waals surface area contributed by atoms with Gasteiger partial charge < -0.3 is 10.6 Å². The average molecular weight is 304 g/mol. The van der Waals surface area contributed by atoms with Crippen molar-refractivity contribution in [2.45, 2.75) is 6.54 Å². The summed E-state index contributed by atoms with van der Waals surface area (Å²) in [4.78, 5) is 28.0. The molecule has 0 saturated carbocycles. The summed E-state index contributed by atoms with van der Waals surface area (Å²) in [5, 5.41) is 2.58. The van der Waals surface area contributed by atoms with Gasteiger partial charge in [-0.25, -0.2) is 15.0 Å². The van der Waals surface area contributed by atoms with Crippen molar-refractivity contribution in [3.05, 3.63) is 35.4 Å². The number of nitrogens with two attached hydrogens (primary N) is 1. The van der Waals surface area contributed by atoms with Gasteiger partial charge in [-0.15, -0.1) is 11.3 Å². The van der Waals surface area contributed by atoms with E-state index in [0.717, 1.165) is 43.4 Å². The monoisotopic (exact) mass is 304 g/mol. The molecule has 0 unspecified atom stereocenters. The molecule has 0 radical (unpaired) electrons. The Labute approximate surface area is 126 Å². The molecule has 1 aliphatic heterocycles. The SMILES string of the molecule is NC(=O)c1csc(N2CCN(Cc3cncnc3)CC2)n1. The van der Waals surface area contributed by atoms with E-state index in [1.54, 1.807) is 11.7 Å². The highest BCUT2D eigenvalue weighted by molar-refractivity contribution is 7.13. The Hall–Kier alpha value is -2.06. The maximum atomic E-state index is 11.1. The molecule has 1 saturated heterocycles. The minimum absolute atomic E-state index is 0.346. The molecule has 3 heterocycles. The van der Waals surface area contributed by atoms with Crippen LogP contribution in [0.25, 0.3) is 0 Å². The Balaban J connectivity index is 1.56. The summed E-state index contributed by atoms with van der Waals surface area (Å²) in [6, 6.07) is 0. The number of primary amides is 1. The number of anilines is 1. The topological polar surface area (TPSA) is 88.2 Å². The smallest absolute Gasteiger partial charge is 0.268 e. The summed E-state index contributed by atoms with van der Waals surface area (Å²) in [5.74, 6) is -0.472. The maximum absolute atomic E-state index is 11.1. The lowest BCUT2D eigenvalue weighted by Gasteiger charge is -2.34. The third-order valence-corrected chi connectivity index (χ3v) is 4.31. The number of carbonyl (C=O) groups excluding carboxylic acids is 1. The van der Waals surface area contributed by atoms with Gasteiger partial charge in [-0.3, -0.25) is 9.69 Å². The number of amides is 1. The Kier molecular flexibility index (Phi) is 4.07. The highest BCUT2D eigenvalue weighted by Crippen LogP contribution is 2.22. The Morgan fingerprint density at radius 1 is 1.24 bits per heavy atom. The number of nitrogens with zero attached hydrogens (tertiary/aromatic N) is 5. The highest BCUT2D eigenvalue weighted by Gasteiger charge is 2.20. The zero-order valence-corrected chi connectivity index (χ0v) is 12.3. The molecule has 1 aliphatic rings. The first-order valence-electron chi connectivity index (χ1n) is 6.69. The number of hydrogen-bond donors (Lipinski definition) is 1. The van der Waals surface area contributed by atoms with Gasteiger partial charge in [0.05, 0.1) is 0 Å². The normalized spacial score (nSPS) is 16.1. The molecule has 0 atom stereocenters. The van der Waals surface area contributed by atoms with Crippen molar-refractivity contribution in [3.63, 3.8) is 0 Å². The molecule has 21 heavy (non-hydrogen) atoms. The van der Waals surface area contributed by atoms with Crippen molar-refractivity contribution < 1.29 is 4.79 Å². The first kappa shape index (κ1) is 13.9. The molecule has 2 aromatic heterocycles. The van der Waals surface area contributed by atoms with Crippen LogP contribution >= 0.6 is 11.3 Å². The third kappa shape index (κ3) is 3.34. The molecule has 0 aliphatic carbocycles. The van der Waals surface area contributed by atoms with E-state index in [4.69, 9.17) is 5.73 Å². The zero-order chi connectivity index (χ0) is 14.7. The minimum Gasteiger partial charge on any atom is -0.364 e. The fourth-order valence-electron chi connectivity index (χ4n) is 2.29. The summed E-state index contributed by atoms with van der Waals surface area (Å²) in [6.45, 7) is 4.53. The molecule has 8 heteroatoms. The fourth-order valence-corrected chi connectivity index (χ4v) is 3.16. The van der Waals surface area contributed by atoms with E-state index in [0.29, 0.717) is 5.69 Å². The first-order valence-corrected chi connectivity index (χ1v) is 7.57. The van der Waals surface area contributed by atoms with Crippen LogP contribution in [-0.2, 0) is 6.54 Å². The predicted octanol–water partition coefficient (Wildman–Crippen LogP) is 0.354. The summed E-state index contributed by atoms with van der Waals surface area (Å²) >= 11 is 1.47. The van der Waals surface area contributed by atoms with Gasteiger partial charge in [0.25, 0.3) is 5.91 Å². The van der Waals surface area contributed by atoms with Gasteiger partial charge in [0.2, 0.25) is 0 Å². The molecule has 110 valence electrons. The number of piperazine rings is 1. The van der Waals surface area contributed by atoms with E-state index in [1.807, 2.05) is 12.4 Å². The molecule has 3 rings (SSSR count). The van der Waals surface area contributed by atoms with Gasteiger partial charge in [-0.05, 0) is 0 Å². The van der Waals surface area contributed by atoms with Crippen LogP contribution in [0.5, 0.6) is 0 Å². The Morgan fingerprint density at radius 2 is 1.95 bits per heavy atom.